The van der Waals surface area contributed by atoms with E-state index in [4.69, 9.17) is 20.4 Å². The number of ketones is 1. The molecule has 1 unspecified atom stereocenters. The van der Waals surface area contributed by atoms with Crippen LogP contribution in [0.3, 0.4) is 0 Å². The van der Waals surface area contributed by atoms with Crippen LogP contribution in [0.1, 0.15) is 22.4 Å². The molecular formula is C19H12ClNO5. The number of benzene rings is 1. The number of aliphatic hydroxyl groups excluding tert-OH is 1. The molecule has 3 heterocycles. The summed E-state index contributed by atoms with van der Waals surface area (Å²) < 4.78 is 10.6. The van der Waals surface area contributed by atoms with E-state index in [0.29, 0.717) is 16.5 Å². The number of nitrogens with zero attached hydrogens (tertiary/aromatic N) is 1. The summed E-state index contributed by atoms with van der Waals surface area (Å²) in [7, 11) is 0. The lowest BCUT2D eigenvalue weighted by Crippen LogP contribution is -2.30. The zero-order valence-corrected chi connectivity index (χ0v) is 14.0. The van der Waals surface area contributed by atoms with Gasteiger partial charge in [-0.15, -0.1) is 0 Å². The highest BCUT2D eigenvalue weighted by atomic mass is 35.5. The summed E-state index contributed by atoms with van der Waals surface area (Å²) in [6, 6.07) is 11.9. The molecule has 6 nitrogen and oxygen atoms in total. The van der Waals surface area contributed by atoms with E-state index in [9.17, 15) is 14.7 Å². The second kappa shape index (κ2) is 6.24. The Morgan fingerprint density at radius 3 is 2.50 bits per heavy atom. The molecule has 0 radical (unpaired) electrons. The maximum atomic E-state index is 12.9. The average molecular weight is 370 g/mol. The number of hydrogen-bond acceptors (Lipinski definition) is 5. The van der Waals surface area contributed by atoms with Gasteiger partial charge in [0.1, 0.15) is 11.8 Å². The number of carbonyl (C=O) groups is 2. The minimum absolute atomic E-state index is 0.0175. The predicted molar refractivity (Wildman–Crippen MR) is 93.1 cm³/mol. The van der Waals surface area contributed by atoms with E-state index in [0.717, 1.165) is 0 Å². The first-order valence-corrected chi connectivity index (χ1v) is 8.09. The Labute approximate surface area is 152 Å². The van der Waals surface area contributed by atoms with Crippen LogP contribution in [0.2, 0.25) is 5.02 Å². The lowest BCUT2D eigenvalue weighted by Gasteiger charge is -2.24. The van der Waals surface area contributed by atoms with Gasteiger partial charge in [-0.25, -0.2) is 0 Å². The molecule has 0 bridgehead atoms. The fourth-order valence-corrected chi connectivity index (χ4v) is 3.17. The standard InChI is InChI=1S/C19H12ClNO5/c20-11-4-1-5-12(10-11)21-16(13-6-2-8-25-13)15(18(23)19(21)24)17(22)14-7-3-9-26-14/h1-10,16,23H. The van der Waals surface area contributed by atoms with E-state index in [1.54, 1.807) is 42.5 Å². The summed E-state index contributed by atoms with van der Waals surface area (Å²) in [4.78, 5) is 26.9. The molecule has 0 saturated carbocycles. The monoisotopic (exact) mass is 369 g/mol. The topological polar surface area (TPSA) is 83.9 Å². The Balaban J connectivity index is 1.87. The minimum Gasteiger partial charge on any atom is -0.503 e. The van der Waals surface area contributed by atoms with Crippen molar-refractivity contribution in [1.82, 2.24) is 0 Å². The quantitative estimate of drug-likeness (QED) is 0.693. The average Bonchev–Trinajstić information content (AvgIpc) is 3.36. The Morgan fingerprint density at radius 1 is 1.08 bits per heavy atom. The molecule has 130 valence electrons. The van der Waals surface area contributed by atoms with Crippen LogP contribution >= 0.6 is 11.6 Å². The highest BCUT2D eigenvalue weighted by molar-refractivity contribution is 6.31. The number of halogens is 1. The fraction of sp³-hybridized carbons (Fsp3) is 0.0526. The lowest BCUT2D eigenvalue weighted by atomic mass is 9.99. The normalized spacial score (nSPS) is 17.2. The summed E-state index contributed by atoms with van der Waals surface area (Å²) in [6.07, 6.45) is 2.78. The van der Waals surface area contributed by atoms with Crippen LogP contribution in [-0.2, 0) is 4.79 Å². The van der Waals surface area contributed by atoms with Crippen molar-refractivity contribution in [2.24, 2.45) is 0 Å². The van der Waals surface area contributed by atoms with Gasteiger partial charge in [-0.1, -0.05) is 17.7 Å². The van der Waals surface area contributed by atoms with Gasteiger partial charge in [0.25, 0.3) is 5.91 Å². The lowest BCUT2D eigenvalue weighted by molar-refractivity contribution is -0.117. The van der Waals surface area contributed by atoms with Crippen molar-refractivity contribution in [2.75, 3.05) is 4.90 Å². The van der Waals surface area contributed by atoms with Gasteiger partial charge < -0.3 is 13.9 Å². The van der Waals surface area contributed by atoms with Gasteiger partial charge in [-0.05, 0) is 42.5 Å². The van der Waals surface area contributed by atoms with Gasteiger partial charge in [-0.2, -0.15) is 0 Å². The molecule has 3 aromatic rings. The second-order valence-corrected chi connectivity index (χ2v) is 6.08. The highest BCUT2D eigenvalue weighted by Gasteiger charge is 2.46. The molecule has 2 aromatic heterocycles. The van der Waals surface area contributed by atoms with Crippen molar-refractivity contribution in [3.8, 4) is 0 Å². The maximum Gasteiger partial charge on any atom is 0.294 e. The van der Waals surface area contributed by atoms with E-state index in [-0.39, 0.29) is 11.3 Å². The summed E-state index contributed by atoms with van der Waals surface area (Å²) >= 11 is 6.04. The Kier molecular flexibility index (Phi) is 3.89. The van der Waals surface area contributed by atoms with Gasteiger partial charge in [0.15, 0.2) is 11.5 Å². The molecule has 1 amide bonds. The zero-order chi connectivity index (χ0) is 18.3. The van der Waals surface area contributed by atoms with Crippen LogP contribution in [-0.4, -0.2) is 16.8 Å². The van der Waals surface area contributed by atoms with Crippen LogP contribution in [0.4, 0.5) is 5.69 Å². The van der Waals surface area contributed by atoms with E-state index < -0.39 is 23.5 Å². The van der Waals surface area contributed by atoms with Gasteiger partial charge in [0.05, 0.1) is 18.1 Å². The molecule has 1 aliphatic rings. The number of rotatable bonds is 4. The summed E-state index contributed by atoms with van der Waals surface area (Å²) in [6.45, 7) is 0. The first kappa shape index (κ1) is 16.2. The van der Waals surface area contributed by atoms with Crippen molar-refractivity contribution in [2.45, 2.75) is 6.04 Å². The van der Waals surface area contributed by atoms with Gasteiger partial charge in [-0.3, -0.25) is 14.5 Å². The Morgan fingerprint density at radius 2 is 1.85 bits per heavy atom. The minimum atomic E-state index is -0.937. The van der Waals surface area contributed by atoms with Gasteiger partial charge in [0, 0.05) is 10.7 Å². The molecule has 1 atom stereocenters. The molecule has 1 aromatic carbocycles. The molecular weight excluding hydrogens is 358 g/mol. The van der Waals surface area contributed by atoms with Gasteiger partial charge >= 0.3 is 0 Å². The number of furan rings is 2. The molecule has 7 heteroatoms. The fourth-order valence-electron chi connectivity index (χ4n) is 2.99. The number of hydrogen-bond donors (Lipinski definition) is 1. The Bertz CT molecular complexity index is 1000. The van der Waals surface area contributed by atoms with Crippen molar-refractivity contribution >= 4 is 29.0 Å². The summed E-state index contributed by atoms with van der Waals surface area (Å²) in [5.41, 5.74) is 0.317. The third-order valence-corrected chi connectivity index (χ3v) is 4.33. The number of Topliss-reactive ketones (excluding diaryl/α,β-unsaturated/α-hetero) is 1. The number of aliphatic hydroxyl groups is 1. The van der Waals surface area contributed by atoms with Crippen LogP contribution in [0.25, 0.3) is 0 Å². The Hall–Kier alpha value is -3.25. The first-order valence-electron chi connectivity index (χ1n) is 7.72. The molecule has 1 aliphatic heterocycles. The van der Waals surface area contributed by atoms with Crippen LogP contribution < -0.4 is 4.90 Å². The second-order valence-electron chi connectivity index (χ2n) is 5.64. The third kappa shape index (κ3) is 2.51. The van der Waals surface area contributed by atoms with Crippen LogP contribution in [0.15, 0.2) is 81.2 Å². The largest absolute Gasteiger partial charge is 0.503 e. The first-order chi connectivity index (χ1) is 12.6. The smallest absolute Gasteiger partial charge is 0.294 e. The van der Waals surface area contributed by atoms with Crippen molar-refractivity contribution in [3.05, 3.63) is 88.9 Å². The molecule has 4 rings (SSSR count). The van der Waals surface area contributed by atoms with Crippen molar-refractivity contribution < 1.29 is 23.5 Å². The van der Waals surface area contributed by atoms with Crippen LogP contribution in [0, 0.1) is 0 Å². The summed E-state index contributed by atoms with van der Waals surface area (Å²) in [5, 5.41) is 10.9. The third-order valence-electron chi connectivity index (χ3n) is 4.10. The molecule has 26 heavy (non-hydrogen) atoms. The zero-order valence-electron chi connectivity index (χ0n) is 13.3. The van der Waals surface area contributed by atoms with Crippen molar-refractivity contribution in [3.63, 3.8) is 0 Å². The number of carbonyl (C=O) groups excluding carboxylic acids is 2. The van der Waals surface area contributed by atoms with E-state index >= 15 is 0 Å². The number of amides is 1. The van der Waals surface area contributed by atoms with Gasteiger partial charge in [0.2, 0.25) is 5.78 Å². The molecule has 0 fully saturated rings. The molecule has 0 aliphatic carbocycles. The van der Waals surface area contributed by atoms with E-state index in [2.05, 4.69) is 0 Å². The maximum absolute atomic E-state index is 12.9. The summed E-state index contributed by atoms with van der Waals surface area (Å²) in [5.74, 6) is -1.61. The molecule has 0 saturated heterocycles. The highest BCUT2D eigenvalue weighted by Crippen LogP contribution is 2.42. The SMILES string of the molecule is O=C(C1=C(O)C(=O)N(c2cccc(Cl)c2)C1c1ccco1)c1ccco1. The predicted octanol–water partition coefficient (Wildman–Crippen LogP) is 4.31. The van der Waals surface area contributed by atoms with Crippen LogP contribution in [0.5, 0.6) is 0 Å². The van der Waals surface area contributed by atoms with E-state index in [1.807, 2.05) is 0 Å². The number of anilines is 1. The molecule has 1 N–H and O–H groups in total. The van der Waals surface area contributed by atoms with E-state index in [1.165, 1.54) is 23.5 Å². The van der Waals surface area contributed by atoms with Crippen molar-refractivity contribution in [1.29, 1.82) is 0 Å². The molecule has 0 spiro atoms.